The van der Waals surface area contributed by atoms with Crippen molar-refractivity contribution in [3.8, 4) is 11.4 Å². The minimum Gasteiger partial charge on any atom is -0.489 e. The molecule has 0 bridgehead atoms. The number of aryl methyl sites for hydroxylation is 2. The average Bonchev–Trinajstić information content (AvgIpc) is 2.73. The number of pyridine rings is 1. The van der Waals surface area contributed by atoms with Gasteiger partial charge < -0.3 is 14.0 Å². The Morgan fingerprint density at radius 3 is 2.52 bits per heavy atom. The van der Waals surface area contributed by atoms with Gasteiger partial charge >= 0.3 is 5.97 Å². The van der Waals surface area contributed by atoms with Crippen LogP contribution in [0.25, 0.3) is 5.69 Å². The van der Waals surface area contributed by atoms with Crippen molar-refractivity contribution in [2.24, 2.45) is 0 Å². The molecule has 150 valence electrons. The predicted molar refractivity (Wildman–Crippen MR) is 113 cm³/mol. The molecule has 0 aliphatic heterocycles. The Labute approximate surface area is 174 Å². The highest BCUT2D eigenvalue weighted by atomic mass is 35.5. The lowest BCUT2D eigenvalue weighted by Crippen LogP contribution is -2.21. The van der Waals surface area contributed by atoms with Gasteiger partial charge in [-0.3, -0.25) is 4.79 Å². The van der Waals surface area contributed by atoms with Crippen molar-refractivity contribution in [2.75, 3.05) is 13.0 Å². The van der Waals surface area contributed by atoms with Crippen LogP contribution in [0.5, 0.6) is 5.75 Å². The van der Waals surface area contributed by atoms with Crippen molar-refractivity contribution in [3.05, 3.63) is 93.4 Å². The Morgan fingerprint density at radius 2 is 1.86 bits per heavy atom. The van der Waals surface area contributed by atoms with Crippen molar-refractivity contribution in [2.45, 2.75) is 20.0 Å². The SMILES string of the molecule is COC(=O)c1cn(-c2ccc(OCc3ccccc3)cc2C)c(CCCl)cc1=O. The molecule has 0 N–H and O–H groups in total. The van der Waals surface area contributed by atoms with E-state index < -0.39 is 5.97 Å². The minimum absolute atomic E-state index is 0.0189. The van der Waals surface area contributed by atoms with E-state index in [-0.39, 0.29) is 11.0 Å². The predicted octanol–water partition coefficient (Wildman–Crippen LogP) is 4.29. The molecule has 1 heterocycles. The normalized spacial score (nSPS) is 10.6. The average molecular weight is 412 g/mol. The number of methoxy groups -OCH3 is 1. The molecule has 0 unspecified atom stereocenters. The van der Waals surface area contributed by atoms with Gasteiger partial charge in [0.2, 0.25) is 0 Å². The Morgan fingerprint density at radius 1 is 1.10 bits per heavy atom. The molecule has 6 heteroatoms. The summed E-state index contributed by atoms with van der Waals surface area (Å²) in [6.07, 6.45) is 2.01. The van der Waals surface area contributed by atoms with Crippen molar-refractivity contribution in [1.82, 2.24) is 4.57 Å². The topological polar surface area (TPSA) is 57.5 Å². The lowest BCUT2D eigenvalue weighted by atomic mass is 10.1. The summed E-state index contributed by atoms with van der Waals surface area (Å²) in [5.74, 6) is 0.429. The second-order valence-corrected chi connectivity index (χ2v) is 6.94. The summed E-state index contributed by atoms with van der Waals surface area (Å²) in [6, 6.07) is 17.1. The first kappa shape index (κ1) is 20.7. The highest BCUT2D eigenvalue weighted by Gasteiger charge is 2.16. The number of hydrogen-bond donors (Lipinski definition) is 0. The Bertz CT molecular complexity index is 1060. The highest BCUT2D eigenvalue weighted by molar-refractivity contribution is 6.17. The van der Waals surface area contributed by atoms with Gasteiger partial charge in [0.25, 0.3) is 0 Å². The fourth-order valence-electron chi connectivity index (χ4n) is 3.08. The zero-order chi connectivity index (χ0) is 20.8. The van der Waals surface area contributed by atoms with Crippen LogP contribution < -0.4 is 10.2 Å². The van der Waals surface area contributed by atoms with E-state index >= 15 is 0 Å². The molecule has 0 spiro atoms. The first-order valence-electron chi connectivity index (χ1n) is 9.21. The molecule has 2 aromatic carbocycles. The molecule has 0 aliphatic rings. The van der Waals surface area contributed by atoms with Crippen molar-refractivity contribution in [3.63, 3.8) is 0 Å². The van der Waals surface area contributed by atoms with Crippen LogP contribution >= 0.6 is 11.6 Å². The summed E-state index contributed by atoms with van der Waals surface area (Å²) in [7, 11) is 1.25. The maximum atomic E-state index is 12.3. The Kier molecular flexibility index (Phi) is 6.73. The van der Waals surface area contributed by atoms with E-state index in [0.29, 0.717) is 18.9 Å². The van der Waals surface area contributed by atoms with Gasteiger partial charge in [0.1, 0.15) is 17.9 Å². The summed E-state index contributed by atoms with van der Waals surface area (Å²) in [6.45, 7) is 2.42. The van der Waals surface area contributed by atoms with Crippen LogP contribution in [0.4, 0.5) is 0 Å². The van der Waals surface area contributed by atoms with Gasteiger partial charge in [-0.15, -0.1) is 11.6 Å². The molecule has 5 nitrogen and oxygen atoms in total. The van der Waals surface area contributed by atoms with E-state index in [9.17, 15) is 9.59 Å². The molecule has 0 amide bonds. The molecule has 29 heavy (non-hydrogen) atoms. The van der Waals surface area contributed by atoms with Crippen LogP contribution in [0.1, 0.15) is 27.2 Å². The van der Waals surface area contributed by atoms with Crippen molar-refractivity contribution >= 4 is 17.6 Å². The van der Waals surface area contributed by atoms with Gasteiger partial charge in [-0.05, 0) is 36.2 Å². The monoisotopic (exact) mass is 411 g/mol. The van der Waals surface area contributed by atoms with E-state index in [2.05, 4.69) is 0 Å². The van der Waals surface area contributed by atoms with E-state index in [1.807, 2.05) is 60.0 Å². The number of benzene rings is 2. The lowest BCUT2D eigenvalue weighted by Gasteiger charge is -2.17. The largest absolute Gasteiger partial charge is 0.489 e. The van der Waals surface area contributed by atoms with E-state index in [0.717, 1.165) is 28.3 Å². The fourth-order valence-corrected chi connectivity index (χ4v) is 3.27. The summed E-state index contributed by atoms with van der Waals surface area (Å²) in [4.78, 5) is 24.2. The molecule has 0 aliphatic carbocycles. The van der Waals surface area contributed by atoms with E-state index in [1.165, 1.54) is 19.4 Å². The molecular formula is C23H22ClNO4. The van der Waals surface area contributed by atoms with Crippen molar-refractivity contribution in [1.29, 1.82) is 0 Å². The molecule has 1 aromatic heterocycles. The van der Waals surface area contributed by atoms with Gasteiger partial charge in [-0.25, -0.2) is 4.79 Å². The highest BCUT2D eigenvalue weighted by Crippen LogP contribution is 2.23. The van der Waals surface area contributed by atoms with Crippen LogP contribution in [0.3, 0.4) is 0 Å². The standard InChI is InChI=1S/C23H22ClNO4/c1-16-12-19(29-15-17-6-4-3-5-7-17)8-9-21(16)25-14-20(23(27)28-2)22(26)13-18(25)10-11-24/h3-9,12-14H,10-11,15H2,1-2H3. The van der Waals surface area contributed by atoms with E-state index in [4.69, 9.17) is 21.1 Å². The summed E-state index contributed by atoms with van der Waals surface area (Å²) in [5, 5.41) is 0. The molecule has 0 radical (unpaired) electrons. The molecule has 0 fully saturated rings. The Balaban J connectivity index is 1.94. The zero-order valence-corrected chi connectivity index (χ0v) is 17.1. The number of aromatic nitrogens is 1. The molecule has 0 atom stereocenters. The number of ether oxygens (including phenoxy) is 2. The molecule has 3 rings (SSSR count). The number of rotatable bonds is 7. The molecular weight excluding hydrogens is 390 g/mol. The van der Waals surface area contributed by atoms with Crippen molar-refractivity contribution < 1.29 is 14.3 Å². The fraction of sp³-hybridized carbons (Fsp3) is 0.217. The van der Waals surface area contributed by atoms with Gasteiger partial charge in [0.05, 0.1) is 7.11 Å². The van der Waals surface area contributed by atoms with Gasteiger partial charge in [-0.2, -0.15) is 0 Å². The quantitative estimate of drug-likeness (QED) is 0.430. The van der Waals surface area contributed by atoms with Gasteiger partial charge in [0.15, 0.2) is 5.43 Å². The first-order chi connectivity index (χ1) is 14.0. The Hall–Kier alpha value is -3.05. The second kappa shape index (κ2) is 9.43. The summed E-state index contributed by atoms with van der Waals surface area (Å²) >= 11 is 5.91. The third-order valence-corrected chi connectivity index (χ3v) is 4.75. The van der Waals surface area contributed by atoms with E-state index in [1.54, 1.807) is 0 Å². The number of halogens is 1. The minimum atomic E-state index is -0.665. The second-order valence-electron chi connectivity index (χ2n) is 6.57. The third kappa shape index (κ3) is 4.87. The number of carbonyl (C=O) groups is 1. The molecule has 0 saturated carbocycles. The van der Waals surface area contributed by atoms with Crippen LogP contribution in [0.2, 0.25) is 0 Å². The van der Waals surface area contributed by atoms with Crippen LogP contribution in [0.15, 0.2) is 65.6 Å². The maximum Gasteiger partial charge on any atom is 0.343 e. The van der Waals surface area contributed by atoms with Crippen LogP contribution in [-0.4, -0.2) is 23.5 Å². The third-order valence-electron chi connectivity index (χ3n) is 4.56. The number of esters is 1. The molecule has 0 saturated heterocycles. The van der Waals surface area contributed by atoms with Gasteiger partial charge in [-0.1, -0.05) is 30.3 Å². The first-order valence-corrected chi connectivity index (χ1v) is 9.74. The smallest absolute Gasteiger partial charge is 0.343 e. The number of carbonyl (C=O) groups excluding carboxylic acids is 1. The van der Waals surface area contributed by atoms with Crippen LogP contribution in [-0.2, 0) is 17.8 Å². The lowest BCUT2D eigenvalue weighted by molar-refractivity contribution is 0.0598. The summed E-state index contributed by atoms with van der Waals surface area (Å²) in [5.41, 5.74) is 3.18. The zero-order valence-electron chi connectivity index (χ0n) is 16.4. The number of nitrogens with zero attached hydrogens (tertiary/aromatic N) is 1. The number of hydrogen-bond acceptors (Lipinski definition) is 4. The number of alkyl halides is 1. The molecule has 3 aromatic rings. The maximum absolute atomic E-state index is 12.3. The van der Waals surface area contributed by atoms with Gasteiger partial charge in [0, 0.05) is 35.9 Å². The summed E-state index contributed by atoms with van der Waals surface area (Å²) < 4.78 is 12.4. The van der Waals surface area contributed by atoms with Crippen LogP contribution in [0, 0.1) is 6.92 Å².